The Bertz CT molecular complexity index is 530. The van der Waals surface area contributed by atoms with Crippen molar-refractivity contribution < 1.29 is 19.4 Å². The molecule has 1 fully saturated rings. The molecule has 1 amide bonds. The Balaban J connectivity index is 2.15. The minimum Gasteiger partial charge on any atom is -0.481 e. The minimum absolute atomic E-state index is 0.0878. The predicted molar refractivity (Wildman–Crippen MR) is 71.9 cm³/mol. The van der Waals surface area contributed by atoms with Crippen LogP contribution in [0.15, 0.2) is 5.38 Å². The van der Waals surface area contributed by atoms with E-state index in [-0.39, 0.29) is 19.1 Å². The van der Waals surface area contributed by atoms with Gasteiger partial charge in [0.1, 0.15) is 10.3 Å². The van der Waals surface area contributed by atoms with E-state index in [1.807, 2.05) is 6.92 Å². The number of nitrogens with one attached hydrogen (secondary N) is 1. The molecule has 1 saturated heterocycles. The Hall–Kier alpha value is -1.11. The topological polar surface area (TPSA) is 75.6 Å². The Morgan fingerprint density at radius 1 is 1.63 bits per heavy atom. The van der Waals surface area contributed by atoms with Gasteiger partial charge in [-0.2, -0.15) is 0 Å². The van der Waals surface area contributed by atoms with E-state index in [1.165, 1.54) is 11.3 Å². The molecule has 0 bridgehead atoms. The lowest BCUT2D eigenvalue weighted by Crippen LogP contribution is -2.49. The zero-order chi connectivity index (χ0) is 14.2. The fourth-order valence-corrected chi connectivity index (χ4v) is 3.07. The predicted octanol–water partition coefficient (Wildman–Crippen LogP) is 1.93. The van der Waals surface area contributed by atoms with Crippen LogP contribution in [-0.4, -0.2) is 36.2 Å². The van der Waals surface area contributed by atoms with Crippen molar-refractivity contribution in [2.24, 2.45) is 5.41 Å². The van der Waals surface area contributed by atoms with Gasteiger partial charge in [-0.15, -0.1) is 11.3 Å². The van der Waals surface area contributed by atoms with Gasteiger partial charge in [-0.05, 0) is 24.8 Å². The van der Waals surface area contributed by atoms with Crippen molar-refractivity contribution in [3.8, 4) is 0 Å². The van der Waals surface area contributed by atoms with Gasteiger partial charge in [0.05, 0.1) is 24.3 Å². The van der Waals surface area contributed by atoms with Gasteiger partial charge >= 0.3 is 5.97 Å². The highest BCUT2D eigenvalue weighted by atomic mass is 35.5. The largest absolute Gasteiger partial charge is 0.481 e. The zero-order valence-corrected chi connectivity index (χ0v) is 12.1. The van der Waals surface area contributed by atoms with E-state index in [2.05, 4.69) is 5.32 Å². The molecule has 0 spiro atoms. The molecule has 0 aromatic carbocycles. The highest BCUT2D eigenvalue weighted by molar-refractivity contribution is 7.13. The summed E-state index contributed by atoms with van der Waals surface area (Å²) in [6.45, 7) is 3.66. The van der Waals surface area contributed by atoms with Gasteiger partial charge in [-0.1, -0.05) is 11.6 Å². The second-order valence-electron chi connectivity index (χ2n) is 4.83. The van der Waals surface area contributed by atoms with Gasteiger partial charge in [0, 0.05) is 0 Å². The monoisotopic (exact) mass is 303 g/mol. The molecule has 2 atom stereocenters. The number of ether oxygens (including phenoxy) is 1. The number of hydrogen-bond donors (Lipinski definition) is 2. The number of amides is 1. The van der Waals surface area contributed by atoms with Crippen LogP contribution in [0, 0.1) is 12.3 Å². The maximum atomic E-state index is 12.1. The maximum absolute atomic E-state index is 12.1. The third-order valence-electron chi connectivity index (χ3n) is 3.35. The van der Waals surface area contributed by atoms with E-state index in [0.717, 1.165) is 5.56 Å². The van der Waals surface area contributed by atoms with Crippen LogP contribution in [0.2, 0.25) is 5.02 Å². The van der Waals surface area contributed by atoms with E-state index in [4.69, 9.17) is 16.3 Å². The SMILES string of the molecule is Cc1csc(C(=O)NC2COCC2(C)C(=O)O)c1Cl. The molecule has 1 aromatic heterocycles. The van der Waals surface area contributed by atoms with Gasteiger partial charge in [0.25, 0.3) is 5.91 Å². The van der Waals surface area contributed by atoms with E-state index in [0.29, 0.717) is 9.90 Å². The van der Waals surface area contributed by atoms with Crippen LogP contribution in [-0.2, 0) is 9.53 Å². The molecule has 1 aliphatic rings. The molecule has 0 aliphatic carbocycles. The second kappa shape index (κ2) is 5.11. The van der Waals surface area contributed by atoms with Gasteiger partial charge in [-0.25, -0.2) is 0 Å². The number of aryl methyl sites for hydroxylation is 1. The number of halogens is 1. The van der Waals surface area contributed by atoms with E-state index >= 15 is 0 Å². The summed E-state index contributed by atoms with van der Waals surface area (Å²) in [5.74, 6) is -1.34. The fraction of sp³-hybridized carbons (Fsp3) is 0.500. The first-order chi connectivity index (χ1) is 8.86. The van der Waals surface area contributed by atoms with Crippen molar-refractivity contribution in [1.29, 1.82) is 0 Å². The summed E-state index contributed by atoms with van der Waals surface area (Å²) in [6, 6.07) is -0.559. The van der Waals surface area contributed by atoms with Crippen LogP contribution in [0.3, 0.4) is 0 Å². The lowest BCUT2D eigenvalue weighted by molar-refractivity contribution is -0.148. The first-order valence-electron chi connectivity index (χ1n) is 5.72. The molecule has 2 heterocycles. The molecule has 2 unspecified atom stereocenters. The lowest BCUT2D eigenvalue weighted by Gasteiger charge is -2.25. The second-order valence-corrected chi connectivity index (χ2v) is 6.08. The van der Waals surface area contributed by atoms with E-state index < -0.39 is 17.4 Å². The first-order valence-corrected chi connectivity index (χ1v) is 6.97. The third-order valence-corrected chi connectivity index (χ3v) is 5.05. The maximum Gasteiger partial charge on any atom is 0.313 e. The van der Waals surface area contributed by atoms with Crippen LogP contribution in [0.25, 0.3) is 0 Å². The number of carboxylic acid groups (broad SMARTS) is 1. The third kappa shape index (κ3) is 2.48. The van der Waals surface area contributed by atoms with Crippen LogP contribution in [0.1, 0.15) is 22.2 Å². The number of carboxylic acids is 1. The van der Waals surface area contributed by atoms with Crippen LogP contribution in [0.4, 0.5) is 0 Å². The number of rotatable bonds is 3. The number of thiophene rings is 1. The van der Waals surface area contributed by atoms with Gasteiger partial charge in [0.2, 0.25) is 0 Å². The number of carbonyl (C=O) groups is 2. The summed E-state index contributed by atoms with van der Waals surface area (Å²) in [4.78, 5) is 23.8. The molecule has 7 heteroatoms. The van der Waals surface area contributed by atoms with Crippen LogP contribution < -0.4 is 5.32 Å². The van der Waals surface area contributed by atoms with E-state index in [9.17, 15) is 14.7 Å². The lowest BCUT2D eigenvalue weighted by atomic mass is 9.85. The van der Waals surface area contributed by atoms with Crippen molar-refractivity contribution in [3.05, 3.63) is 20.8 Å². The highest BCUT2D eigenvalue weighted by Crippen LogP contribution is 2.31. The fourth-order valence-electron chi connectivity index (χ4n) is 1.89. The van der Waals surface area contributed by atoms with Crippen molar-refractivity contribution in [2.45, 2.75) is 19.9 Å². The van der Waals surface area contributed by atoms with Crippen molar-refractivity contribution >= 4 is 34.8 Å². The van der Waals surface area contributed by atoms with Gasteiger partial charge in [-0.3, -0.25) is 9.59 Å². The van der Waals surface area contributed by atoms with Crippen LogP contribution >= 0.6 is 22.9 Å². The molecule has 0 radical (unpaired) electrons. The first kappa shape index (κ1) is 14.3. The van der Waals surface area contributed by atoms with Crippen molar-refractivity contribution in [2.75, 3.05) is 13.2 Å². The molecule has 1 aliphatic heterocycles. The summed E-state index contributed by atoms with van der Waals surface area (Å²) in [7, 11) is 0. The smallest absolute Gasteiger partial charge is 0.313 e. The van der Waals surface area contributed by atoms with Gasteiger partial charge in [0.15, 0.2) is 0 Å². The summed E-state index contributed by atoms with van der Waals surface area (Å²) in [6.07, 6.45) is 0. The molecule has 19 heavy (non-hydrogen) atoms. The minimum atomic E-state index is -1.10. The van der Waals surface area contributed by atoms with Crippen molar-refractivity contribution in [1.82, 2.24) is 5.32 Å². The molecule has 1 aromatic rings. The molecule has 104 valence electrons. The Kier molecular flexibility index (Phi) is 3.85. The summed E-state index contributed by atoms with van der Waals surface area (Å²) < 4.78 is 5.18. The zero-order valence-electron chi connectivity index (χ0n) is 10.5. The number of carbonyl (C=O) groups excluding carboxylic acids is 1. The molecular weight excluding hydrogens is 290 g/mol. The molecule has 0 saturated carbocycles. The summed E-state index contributed by atoms with van der Waals surface area (Å²) in [5.41, 5.74) is -0.269. The molecule has 2 N–H and O–H groups in total. The summed E-state index contributed by atoms with van der Waals surface area (Å²) >= 11 is 7.27. The highest BCUT2D eigenvalue weighted by Gasteiger charge is 2.47. The molecule has 2 rings (SSSR count). The number of aliphatic carboxylic acids is 1. The number of hydrogen-bond acceptors (Lipinski definition) is 4. The average Bonchev–Trinajstić information content (AvgIpc) is 2.86. The van der Waals surface area contributed by atoms with Crippen LogP contribution in [0.5, 0.6) is 0 Å². The Labute approximate surface area is 119 Å². The Morgan fingerprint density at radius 2 is 2.32 bits per heavy atom. The quantitative estimate of drug-likeness (QED) is 0.894. The summed E-state index contributed by atoms with van der Waals surface area (Å²) in [5, 5.41) is 14.1. The molecular formula is C12H14ClNO4S. The molecule has 5 nitrogen and oxygen atoms in total. The normalized spacial score (nSPS) is 26.4. The average molecular weight is 304 g/mol. The van der Waals surface area contributed by atoms with Crippen molar-refractivity contribution in [3.63, 3.8) is 0 Å². The standard InChI is InChI=1S/C12H14ClNO4S/c1-6-4-19-9(8(6)13)10(15)14-7-3-18-5-12(7,2)11(16)17/h4,7H,3,5H2,1-2H3,(H,14,15)(H,16,17). The van der Waals surface area contributed by atoms with Gasteiger partial charge < -0.3 is 15.2 Å². The Morgan fingerprint density at radius 3 is 2.84 bits per heavy atom. The van der Waals surface area contributed by atoms with E-state index in [1.54, 1.807) is 12.3 Å².